The SMILES string of the molecule is CC(/C=C\C=C(\Cl)CF)[C@H]1[C@H](C(=O)NC2CC(C)(O)C2)N[C@H](CC2CCCC2)[C@]12C(=O)Nc1cc(Cl)ccc12. The highest BCUT2D eigenvalue weighted by Gasteiger charge is 2.66. The largest absolute Gasteiger partial charge is 0.390 e. The van der Waals surface area contributed by atoms with Crippen LogP contribution >= 0.6 is 23.2 Å². The van der Waals surface area contributed by atoms with Crippen LogP contribution in [0.2, 0.25) is 5.02 Å². The maximum absolute atomic E-state index is 14.2. The van der Waals surface area contributed by atoms with Crippen LogP contribution < -0.4 is 16.0 Å². The fourth-order valence-corrected chi connectivity index (χ4v) is 7.88. The van der Waals surface area contributed by atoms with E-state index in [0.29, 0.717) is 29.5 Å². The van der Waals surface area contributed by atoms with Gasteiger partial charge in [-0.3, -0.25) is 9.59 Å². The maximum atomic E-state index is 14.2. The van der Waals surface area contributed by atoms with E-state index in [9.17, 15) is 19.1 Å². The number of nitrogens with one attached hydrogen (secondary N) is 3. The highest BCUT2D eigenvalue weighted by molar-refractivity contribution is 6.31. The second-order valence-electron chi connectivity index (χ2n) is 12.2. The number of hydrogen-bond donors (Lipinski definition) is 4. The van der Waals surface area contributed by atoms with E-state index in [1.807, 2.05) is 19.1 Å². The van der Waals surface area contributed by atoms with Crippen molar-refractivity contribution in [2.45, 2.75) is 87.9 Å². The van der Waals surface area contributed by atoms with Crippen molar-refractivity contribution < 1.29 is 19.1 Å². The minimum Gasteiger partial charge on any atom is -0.390 e. The third-order valence-corrected chi connectivity index (χ3v) is 9.76. The predicted molar refractivity (Wildman–Crippen MR) is 153 cm³/mol. The molecule has 39 heavy (non-hydrogen) atoms. The molecule has 4 N–H and O–H groups in total. The molecule has 2 heterocycles. The van der Waals surface area contributed by atoms with Gasteiger partial charge < -0.3 is 21.1 Å². The number of carbonyl (C=O) groups excluding carboxylic acids is 2. The molecule has 4 aliphatic rings. The van der Waals surface area contributed by atoms with Gasteiger partial charge in [0, 0.05) is 33.7 Å². The smallest absolute Gasteiger partial charge is 0.237 e. The molecule has 3 fully saturated rings. The molecule has 6 nitrogen and oxygen atoms in total. The van der Waals surface area contributed by atoms with Crippen LogP contribution in [0.1, 0.15) is 64.4 Å². The summed E-state index contributed by atoms with van der Waals surface area (Å²) >= 11 is 12.2. The Hall–Kier alpha value is -1.93. The van der Waals surface area contributed by atoms with Crippen LogP contribution in [0.5, 0.6) is 0 Å². The van der Waals surface area contributed by atoms with Crippen molar-refractivity contribution in [3.63, 3.8) is 0 Å². The molecule has 2 aliphatic heterocycles. The topological polar surface area (TPSA) is 90.5 Å². The Labute approximate surface area is 239 Å². The van der Waals surface area contributed by atoms with E-state index in [4.69, 9.17) is 23.2 Å². The Balaban J connectivity index is 1.57. The van der Waals surface area contributed by atoms with E-state index in [-0.39, 0.29) is 34.8 Å². The van der Waals surface area contributed by atoms with Gasteiger partial charge in [-0.05, 0) is 61.8 Å². The molecule has 5 rings (SSSR count). The van der Waals surface area contributed by atoms with Crippen LogP contribution in [0.15, 0.2) is 41.5 Å². The molecule has 9 heteroatoms. The van der Waals surface area contributed by atoms with Crippen LogP contribution in [-0.4, -0.2) is 47.3 Å². The summed E-state index contributed by atoms with van der Waals surface area (Å²) in [4.78, 5) is 28.1. The van der Waals surface area contributed by atoms with Gasteiger partial charge in [0.15, 0.2) is 0 Å². The van der Waals surface area contributed by atoms with Gasteiger partial charge in [-0.25, -0.2) is 4.39 Å². The van der Waals surface area contributed by atoms with Crippen LogP contribution in [0.4, 0.5) is 10.1 Å². The van der Waals surface area contributed by atoms with E-state index in [1.54, 1.807) is 25.1 Å². The minimum atomic E-state index is -0.993. The maximum Gasteiger partial charge on any atom is 0.237 e. The summed E-state index contributed by atoms with van der Waals surface area (Å²) in [5, 5.41) is 20.7. The standard InChI is InChI=1S/C30H38Cl2FN3O3/c1-17(6-5-9-20(32)16-33)25-26(27(37)34-21-14-29(2,39)15-21)36-24(12-18-7-3-4-8-18)30(25)22-11-10-19(31)13-23(22)35-28(30)38/h5-6,9-11,13,17-18,21,24-26,36,39H,3-4,7-8,12,14-16H2,1-2H3,(H,34,37)(H,35,38)/b6-5-,20-9+/t17?,21?,24-,25+,26-,29?,30+/m1/s1. The van der Waals surface area contributed by atoms with Gasteiger partial charge in [-0.2, -0.15) is 0 Å². The first-order valence-electron chi connectivity index (χ1n) is 14.0. The average Bonchev–Trinajstić information content (AvgIpc) is 3.56. The molecule has 0 aromatic heterocycles. The summed E-state index contributed by atoms with van der Waals surface area (Å²) < 4.78 is 13.0. The van der Waals surface area contributed by atoms with Crippen molar-refractivity contribution >= 4 is 40.7 Å². The summed E-state index contributed by atoms with van der Waals surface area (Å²) in [6, 6.07) is 4.50. The van der Waals surface area contributed by atoms with Crippen molar-refractivity contribution in [3.05, 3.63) is 52.0 Å². The summed E-state index contributed by atoms with van der Waals surface area (Å²) in [5.74, 6) is -0.481. The zero-order valence-corrected chi connectivity index (χ0v) is 24.0. The van der Waals surface area contributed by atoms with E-state index >= 15 is 0 Å². The summed E-state index contributed by atoms with van der Waals surface area (Å²) in [6.07, 6.45) is 11.5. The molecular weight excluding hydrogens is 540 g/mol. The van der Waals surface area contributed by atoms with Crippen LogP contribution in [0, 0.1) is 17.8 Å². The van der Waals surface area contributed by atoms with Gasteiger partial charge in [0.05, 0.1) is 17.1 Å². The van der Waals surface area contributed by atoms with E-state index in [1.165, 1.54) is 18.9 Å². The number of anilines is 1. The summed E-state index contributed by atoms with van der Waals surface area (Å²) in [6.45, 7) is 3.01. The normalized spacial score (nSPS) is 35.3. The molecule has 1 saturated heterocycles. The molecule has 2 aliphatic carbocycles. The lowest BCUT2D eigenvalue weighted by Crippen LogP contribution is -2.58. The van der Waals surface area contributed by atoms with Crippen molar-refractivity contribution in [1.82, 2.24) is 10.6 Å². The molecule has 0 radical (unpaired) electrons. The van der Waals surface area contributed by atoms with Gasteiger partial charge in [-0.1, -0.05) is 74.0 Å². The highest BCUT2D eigenvalue weighted by Crippen LogP contribution is 2.55. The molecular formula is C30H38Cl2FN3O3. The third-order valence-electron chi connectivity index (χ3n) is 9.30. The van der Waals surface area contributed by atoms with Gasteiger partial charge >= 0.3 is 0 Å². The molecule has 1 aromatic rings. The van der Waals surface area contributed by atoms with Gasteiger partial charge in [-0.15, -0.1) is 0 Å². The number of allylic oxidation sites excluding steroid dienone is 4. The molecule has 1 spiro atoms. The zero-order valence-electron chi connectivity index (χ0n) is 22.5. The molecule has 1 unspecified atom stereocenters. The number of amides is 2. The lowest BCUT2D eigenvalue weighted by Gasteiger charge is -2.42. The first-order chi connectivity index (χ1) is 18.5. The second-order valence-corrected chi connectivity index (χ2v) is 13.1. The Morgan fingerprint density at radius 2 is 2.03 bits per heavy atom. The molecule has 0 bridgehead atoms. The van der Waals surface area contributed by atoms with Crippen LogP contribution in [0.25, 0.3) is 0 Å². The number of benzene rings is 1. The van der Waals surface area contributed by atoms with Crippen LogP contribution in [-0.2, 0) is 15.0 Å². The fourth-order valence-electron chi connectivity index (χ4n) is 7.64. The average molecular weight is 579 g/mol. The van der Waals surface area contributed by atoms with Gasteiger partial charge in [0.25, 0.3) is 0 Å². The molecule has 212 valence electrons. The quantitative estimate of drug-likeness (QED) is 0.312. The molecule has 1 aromatic carbocycles. The predicted octanol–water partition coefficient (Wildman–Crippen LogP) is 5.38. The number of rotatable bonds is 8. The fraction of sp³-hybridized carbons (Fsp3) is 0.600. The Bertz CT molecular complexity index is 1170. The van der Waals surface area contributed by atoms with Gasteiger partial charge in [0.2, 0.25) is 11.8 Å². The molecule has 5 atom stereocenters. The molecule has 2 saturated carbocycles. The monoisotopic (exact) mass is 577 g/mol. The first-order valence-corrected chi connectivity index (χ1v) is 14.8. The second kappa shape index (κ2) is 11.2. The van der Waals surface area contributed by atoms with Crippen molar-refractivity contribution in [2.24, 2.45) is 17.8 Å². The zero-order chi connectivity index (χ0) is 27.9. The Morgan fingerprint density at radius 1 is 1.31 bits per heavy atom. The number of aliphatic hydroxyl groups is 1. The van der Waals surface area contributed by atoms with E-state index < -0.39 is 29.7 Å². The van der Waals surface area contributed by atoms with Gasteiger partial charge in [0.1, 0.15) is 6.67 Å². The minimum absolute atomic E-state index is 0.0850. The highest BCUT2D eigenvalue weighted by atomic mass is 35.5. The lowest BCUT2D eigenvalue weighted by atomic mass is 9.61. The number of alkyl halides is 1. The van der Waals surface area contributed by atoms with Crippen LogP contribution in [0.3, 0.4) is 0 Å². The Kier molecular flexibility index (Phi) is 8.18. The number of hydrogen-bond acceptors (Lipinski definition) is 4. The summed E-state index contributed by atoms with van der Waals surface area (Å²) in [7, 11) is 0. The Morgan fingerprint density at radius 3 is 2.69 bits per heavy atom. The number of fused-ring (bicyclic) bond motifs is 2. The van der Waals surface area contributed by atoms with Crippen molar-refractivity contribution in [2.75, 3.05) is 12.0 Å². The van der Waals surface area contributed by atoms with Crippen molar-refractivity contribution in [3.8, 4) is 0 Å². The molecule has 2 amide bonds. The van der Waals surface area contributed by atoms with E-state index in [2.05, 4.69) is 16.0 Å². The van der Waals surface area contributed by atoms with E-state index in [0.717, 1.165) is 24.8 Å². The number of halogens is 3. The first kappa shape index (κ1) is 28.6. The lowest BCUT2D eigenvalue weighted by molar-refractivity contribution is -0.128. The van der Waals surface area contributed by atoms with Crippen molar-refractivity contribution in [1.29, 1.82) is 0 Å². The number of carbonyl (C=O) groups is 2. The summed E-state index contributed by atoms with van der Waals surface area (Å²) in [5.41, 5.74) is -0.221. The third kappa shape index (κ3) is 5.40.